The number of aryl methyl sites for hydroxylation is 1. The Bertz CT molecular complexity index is 1070. The number of rotatable bonds is 7. The van der Waals surface area contributed by atoms with Gasteiger partial charge in [-0.2, -0.15) is 5.10 Å². The lowest BCUT2D eigenvalue weighted by molar-refractivity contribution is -0.131. The van der Waals surface area contributed by atoms with Crippen molar-refractivity contribution >= 4 is 23.2 Å². The predicted molar refractivity (Wildman–Crippen MR) is 123 cm³/mol. The van der Waals surface area contributed by atoms with Crippen molar-refractivity contribution < 1.29 is 14.3 Å². The molecule has 2 amide bonds. The van der Waals surface area contributed by atoms with E-state index in [9.17, 15) is 9.59 Å². The summed E-state index contributed by atoms with van der Waals surface area (Å²) in [6.07, 6.45) is 5.03. The number of aromatic nitrogens is 3. The summed E-state index contributed by atoms with van der Waals surface area (Å²) >= 11 is 1.54. The molecule has 1 saturated heterocycles. The molecular formula is C23H27N5O3S. The minimum Gasteiger partial charge on any atom is -0.494 e. The van der Waals surface area contributed by atoms with Crippen LogP contribution in [0.5, 0.6) is 5.75 Å². The number of carbonyl (C=O) groups is 2. The van der Waals surface area contributed by atoms with Crippen molar-refractivity contribution in [1.29, 1.82) is 0 Å². The Balaban J connectivity index is 1.26. The fraction of sp³-hybridized carbons (Fsp3) is 0.391. The van der Waals surface area contributed by atoms with Crippen LogP contribution in [0.15, 0.2) is 42.0 Å². The second-order valence-corrected chi connectivity index (χ2v) is 8.67. The number of piperidine rings is 1. The summed E-state index contributed by atoms with van der Waals surface area (Å²) in [7, 11) is 1.78. The van der Waals surface area contributed by atoms with Gasteiger partial charge in [0.05, 0.1) is 30.5 Å². The fourth-order valence-electron chi connectivity index (χ4n) is 3.73. The first-order chi connectivity index (χ1) is 15.5. The molecule has 0 bridgehead atoms. The third-order valence-corrected chi connectivity index (χ3v) is 6.39. The number of nitrogens with one attached hydrogen (secondary N) is 1. The van der Waals surface area contributed by atoms with Gasteiger partial charge in [-0.3, -0.25) is 14.3 Å². The molecule has 0 aliphatic carbocycles. The molecular weight excluding hydrogens is 426 g/mol. The molecule has 0 unspecified atom stereocenters. The molecule has 4 rings (SSSR count). The first-order valence-corrected chi connectivity index (χ1v) is 11.6. The molecule has 0 saturated carbocycles. The molecule has 0 spiro atoms. The van der Waals surface area contributed by atoms with Crippen molar-refractivity contribution in [3.05, 3.63) is 53.3 Å². The quantitative estimate of drug-likeness (QED) is 0.594. The van der Waals surface area contributed by atoms with Gasteiger partial charge in [-0.1, -0.05) is 0 Å². The molecule has 8 nitrogen and oxygen atoms in total. The highest BCUT2D eigenvalue weighted by atomic mass is 32.1. The standard InChI is InChI=1S/C23H27N5O3S/c1-3-31-20-6-4-16(5-7-20)23-26-19(15-32-23)12-21(29)28-10-8-18(9-11-28)25-22(30)17-13-24-27(2)14-17/h4-7,13-15,18H,3,8-12H2,1-2H3,(H,25,30). The van der Waals surface area contributed by atoms with Crippen LogP contribution in [0.1, 0.15) is 35.8 Å². The van der Waals surface area contributed by atoms with Crippen LogP contribution in [0.4, 0.5) is 0 Å². The summed E-state index contributed by atoms with van der Waals surface area (Å²) < 4.78 is 7.09. The minimum atomic E-state index is -0.118. The van der Waals surface area contributed by atoms with E-state index in [2.05, 4.69) is 15.4 Å². The van der Waals surface area contributed by atoms with E-state index in [1.54, 1.807) is 35.5 Å². The van der Waals surface area contributed by atoms with Crippen LogP contribution >= 0.6 is 11.3 Å². The zero-order valence-electron chi connectivity index (χ0n) is 18.3. The molecule has 2 aromatic heterocycles. The topological polar surface area (TPSA) is 89.3 Å². The number of hydrogen-bond acceptors (Lipinski definition) is 6. The van der Waals surface area contributed by atoms with Gasteiger partial charge in [-0.25, -0.2) is 4.98 Å². The van der Waals surface area contributed by atoms with Crippen LogP contribution in [-0.2, 0) is 18.3 Å². The number of thiazole rings is 1. The molecule has 0 atom stereocenters. The van der Waals surface area contributed by atoms with Crippen LogP contribution in [0.25, 0.3) is 10.6 Å². The number of benzene rings is 1. The highest BCUT2D eigenvalue weighted by Crippen LogP contribution is 2.26. The van der Waals surface area contributed by atoms with Gasteiger partial charge < -0.3 is 15.0 Å². The highest BCUT2D eigenvalue weighted by Gasteiger charge is 2.25. The van der Waals surface area contributed by atoms with E-state index < -0.39 is 0 Å². The highest BCUT2D eigenvalue weighted by molar-refractivity contribution is 7.13. The smallest absolute Gasteiger partial charge is 0.254 e. The van der Waals surface area contributed by atoms with Crippen molar-refractivity contribution in [2.45, 2.75) is 32.2 Å². The number of amides is 2. The molecule has 9 heteroatoms. The Labute approximate surface area is 191 Å². The molecule has 168 valence electrons. The number of likely N-dealkylation sites (tertiary alicyclic amines) is 1. The average molecular weight is 454 g/mol. The van der Waals surface area contributed by atoms with Crippen LogP contribution in [-0.4, -0.2) is 57.2 Å². The molecule has 0 radical (unpaired) electrons. The van der Waals surface area contributed by atoms with Crippen molar-refractivity contribution in [3.63, 3.8) is 0 Å². The summed E-state index contributed by atoms with van der Waals surface area (Å²) in [5.41, 5.74) is 2.36. The molecule has 3 aromatic rings. The van der Waals surface area contributed by atoms with Crippen molar-refractivity contribution in [1.82, 2.24) is 25.0 Å². The lowest BCUT2D eigenvalue weighted by Gasteiger charge is -2.32. The van der Waals surface area contributed by atoms with Gasteiger partial charge in [0.15, 0.2) is 0 Å². The molecule has 1 aliphatic heterocycles. The van der Waals surface area contributed by atoms with E-state index >= 15 is 0 Å². The average Bonchev–Trinajstić information content (AvgIpc) is 3.44. The van der Waals surface area contributed by atoms with Gasteiger partial charge in [-0.05, 0) is 44.0 Å². The third kappa shape index (κ3) is 5.34. The Hall–Kier alpha value is -3.20. The normalized spacial score (nSPS) is 14.4. The van der Waals surface area contributed by atoms with Crippen molar-refractivity contribution in [3.8, 4) is 16.3 Å². The lowest BCUT2D eigenvalue weighted by Crippen LogP contribution is -2.46. The van der Waals surface area contributed by atoms with Gasteiger partial charge >= 0.3 is 0 Å². The number of carbonyl (C=O) groups excluding carboxylic acids is 2. The maximum atomic E-state index is 12.8. The van der Waals surface area contributed by atoms with Gasteiger partial charge in [0.25, 0.3) is 5.91 Å². The largest absolute Gasteiger partial charge is 0.494 e. The first-order valence-electron chi connectivity index (χ1n) is 10.8. The zero-order chi connectivity index (χ0) is 22.5. The summed E-state index contributed by atoms with van der Waals surface area (Å²) in [6, 6.07) is 7.90. The summed E-state index contributed by atoms with van der Waals surface area (Å²) in [4.78, 5) is 31.6. The van der Waals surface area contributed by atoms with Crippen LogP contribution in [0.2, 0.25) is 0 Å². The molecule has 1 N–H and O–H groups in total. The maximum Gasteiger partial charge on any atom is 0.254 e. The Morgan fingerprint density at radius 2 is 1.97 bits per heavy atom. The van der Waals surface area contributed by atoms with Crippen LogP contribution in [0.3, 0.4) is 0 Å². The van der Waals surface area contributed by atoms with Gasteiger partial charge in [-0.15, -0.1) is 11.3 Å². The van der Waals surface area contributed by atoms with E-state index in [4.69, 9.17) is 4.74 Å². The summed E-state index contributed by atoms with van der Waals surface area (Å²) in [5, 5.41) is 9.92. The number of ether oxygens (including phenoxy) is 1. The van der Waals surface area contributed by atoms with E-state index in [0.29, 0.717) is 31.7 Å². The molecule has 1 fully saturated rings. The van der Waals surface area contributed by atoms with E-state index in [0.717, 1.165) is 34.9 Å². The Morgan fingerprint density at radius 1 is 1.22 bits per heavy atom. The maximum absolute atomic E-state index is 12.8. The second-order valence-electron chi connectivity index (χ2n) is 7.81. The van der Waals surface area contributed by atoms with Crippen molar-refractivity contribution in [2.24, 2.45) is 7.05 Å². The van der Waals surface area contributed by atoms with Crippen LogP contribution < -0.4 is 10.1 Å². The van der Waals surface area contributed by atoms with Gasteiger partial charge in [0.1, 0.15) is 10.8 Å². The number of nitrogens with zero attached hydrogens (tertiary/aromatic N) is 4. The molecule has 3 heterocycles. The zero-order valence-corrected chi connectivity index (χ0v) is 19.1. The Kier molecular flexibility index (Phi) is 6.84. The van der Waals surface area contributed by atoms with Crippen LogP contribution in [0, 0.1) is 0 Å². The summed E-state index contributed by atoms with van der Waals surface area (Å²) in [5.74, 6) is 0.793. The van der Waals surface area contributed by atoms with Gasteiger partial charge in [0.2, 0.25) is 5.91 Å². The fourth-order valence-corrected chi connectivity index (χ4v) is 4.55. The second kappa shape index (κ2) is 9.95. The van der Waals surface area contributed by atoms with E-state index in [1.807, 2.05) is 41.5 Å². The molecule has 32 heavy (non-hydrogen) atoms. The predicted octanol–water partition coefficient (Wildman–Crippen LogP) is 2.91. The molecule has 1 aromatic carbocycles. The SMILES string of the molecule is CCOc1ccc(-c2nc(CC(=O)N3CCC(NC(=O)c4cnn(C)c4)CC3)cs2)cc1. The third-order valence-electron chi connectivity index (χ3n) is 5.45. The minimum absolute atomic E-state index is 0.0669. The first kappa shape index (κ1) is 22.0. The molecule has 1 aliphatic rings. The summed E-state index contributed by atoms with van der Waals surface area (Å²) in [6.45, 7) is 3.86. The van der Waals surface area contributed by atoms with Gasteiger partial charge in [0, 0.05) is 43.3 Å². The van der Waals surface area contributed by atoms with E-state index in [1.165, 1.54) is 0 Å². The van der Waals surface area contributed by atoms with E-state index in [-0.39, 0.29) is 17.9 Å². The lowest BCUT2D eigenvalue weighted by atomic mass is 10.0. The number of hydrogen-bond donors (Lipinski definition) is 1. The monoisotopic (exact) mass is 453 g/mol. The Morgan fingerprint density at radius 3 is 2.62 bits per heavy atom. The van der Waals surface area contributed by atoms with Crippen molar-refractivity contribution in [2.75, 3.05) is 19.7 Å².